The molecule has 2 aromatic carbocycles. The van der Waals surface area contributed by atoms with Gasteiger partial charge in [-0.1, -0.05) is 30.0 Å². The van der Waals surface area contributed by atoms with Crippen molar-refractivity contribution in [2.24, 2.45) is 0 Å². The Morgan fingerprint density at radius 1 is 1.21 bits per heavy atom. The minimum Gasteiger partial charge on any atom is -0.496 e. The third-order valence-corrected chi connectivity index (χ3v) is 5.09. The maximum absolute atomic E-state index is 13.4. The minimum absolute atomic E-state index is 0.0483. The summed E-state index contributed by atoms with van der Waals surface area (Å²) >= 11 is 1.51. The first-order valence-electron chi connectivity index (χ1n) is 8.58. The molecule has 0 saturated carbocycles. The average Bonchev–Trinajstić information content (AvgIpc) is 3.15. The van der Waals surface area contributed by atoms with Crippen molar-refractivity contribution in [2.75, 3.05) is 24.4 Å². The molecule has 144 valence electrons. The van der Waals surface area contributed by atoms with Gasteiger partial charge < -0.3 is 9.47 Å². The highest BCUT2D eigenvalue weighted by atomic mass is 32.2. The number of hydrogen-bond donors (Lipinski definition) is 0. The SMILES string of the molecule is COc1ccccc1C(=O)N1CCSc2nnc(COc3cccc(F)c3)n21. The van der Waals surface area contributed by atoms with Crippen molar-refractivity contribution < 1.29 is 18.7 Å². The number of thioether (sulfide) groups is 1. The van der Waals surface area contributed by atoms with Crippen LogP contribution < -0.4 is 14.5 Å². The van der Waals surface area contributed by atoms with Crippen LogP contribution in [-0.2, 0) is 6.61 Å². The van der Waals surface area contributed by atoms with Crippen LogP contribution in [-0.4, -0.2) is 40.2 Å². The number of nitrogens with zero attached hydrogens (tertiary/aromatic N) is 4. The molecule has 4 rings (SSSR count). The Morgan fingerprint density at radius 2 is 2.07 bits per heavy atom. The Balaban J connectivity index is 1.62. The molecule has 9 heteroatoms. The van der Waals surface area contributed by atoms with Crippen molar-refractivity contribution in [1.29, 1.82) is 0 Å². The highest BCUT2D eigenvalue weighted by Gasteiger charge is 2.29. The second-order valence-electron chi connectivity index (χ2n) is 5.93. The summed E-state index contributed by atoms with van der Waals surface area (Å²) in [5.41, 5.74) is 0.452. The van der Waals surface area contributed by atoms with E-state index in [-0.39, 0.29) is 18.3 Å². The lowest BCUT2D eigenvalue weighted by Gasteiger charge is -2.29. The highest BCUT2D eigenvalue weighted by Crippen LogP contribution is 2.26. The van der Waals surface area contributed by atoms with Gasteiger partial charge in [0.2, 0.25) is 5.16 Å². The maximum atomic E-state index is 13.4. The smallest absolute Gasteiger partial charge is 0.276 e. The lowest BCUT2D eigenvalue weighted by Crippen LogP contribution is -2.45. The number of benzene rings is 2. The van der Waals surface area contributed by atoms with Crippen LogP contribution in [0.1, 0.15) is 16.2 Å². The number of carbonyl (C=O) groups excluding carboxylic acids is 1. The van der Waals surface area contributed by atoms with E-state index in [1.54, 1.807) is 40.0 Å². The predicted octanol–water partition coefficient (Wildman–Crippen LogP) is 2.89. The fraction of sp³-hybridized carbons (Fsp3) is 0.211. The summed E-state index contributed by atoms with van der Waals surface area (Å²) in [4.78, 5) is 13.2. The molecule has 0 aliphatic carbocycles. The third-order valence-electron chi connectivity index (χ3n) is 4.19. The molecule has 0 spiro atoms. The highest BCUT2D eigenvalue weighted by molar-refractivity contribution is 7.99. The van der Waals surface area contributed by atoms with Gasteiger partial charge in [0.1, 0.15) is 23.9 Å². The van der Waals surface area contributed by atoms with Gasteiger partial charge in [0.25, 0.3) is 5.91 Å². The van der Waals surface area contributed by atoms with Crippen LogP contribution in [0, 0.1) is 5.82 Å². The number of fused-ring (bicyclic) bond motifs is 1. The molecule has 0 bridgehead atoms. The molecule has 1 aliphatic heterocycles. The van der Waals surface area contributed by atoms with Gasteiger partial charge in [0.05, 0.1) is 19.2 Å². The lowest BCUT2D eigenvalue weighted by atomic mass is 10.2. The van der Waals surface area contributed by atoms with Crippen LogP contribution in [0.3, 0.4) is 0 Å². The van der Waals surface area contributed by atoms with E-state index in [1.165, 1.54) is 31.0 Å². The second kappa shape index (κ2) is 7.89. The third kappa shape index (κ3) is 3.53. The van der Waals surface area contributed by atoms with E-state index in [0.717, 1.165) is 0 Å². The fourth-order valence-corrected chi connectivity index (χ4v) is 3.77. The molecule has 3 aromatic rings. The van der Waals surface area contributed by atoms with E-state index in [1.807, 2.05) is 6.07 Å². The van der Waals surface area contributed by atoms with E-state index in [0.29, 0.717) is 40.3 Å². The maximum Gasteiger partial charge on any atom is 0.276 e. The Bertz CT molecular complexity index is 1010. The van der Waals surface area contributed by atoms with Crippen LogP contribution in [0.15, 0.2) is 53.7 Å². The second-order valence-corrected chi connectivity index (χ2v) is 7.00. The first-order valence-corrected chi connectivity index (χ1v) is 9.56. The lowest BCUT2D eigenvalue weighted by molar-refractivity contribution is 0.0949. The van der Waals surface area contributed by atoms with Gasteiger partial charge in [-0.2, -0.15) is 0 Å². The molecule has 0 saturated heterocycles. The first kappa shape index (κ1) is 18.3. The minimum atomic E-state index is -0.385. The Kier molecular flexibility index (Phi) is 5.16. The number of carbonyl (C=O) groups is 1. The van der Waals surface area contributed by atoms with Crippen LogP contribution in [0.25, 0.3) is 0 Å². The number of aromatic nitrogens is 3. The van der Waals surface area contributed by atoms with Crippen LogP contribution in [0.2, 0.25) is 0 Å². The van der Waals surface area contributed by atoms with Crippen molar-refractivity contribution in [3.63, 3.8) is 0 Å². The summed E-state index contributed by atoms with van der Waals surface area (Å²) in [7, 11) is 1.53. The van der Waals surface area contributed by atoms with Gasteiger partial charge in [-0.15, -0.1) is 10.2 Å². The van der Waals surface area contributed by atoms with Gasteiger partial charge in [0.15, 0.2) is 5.82 Å². The van der Waals surface area contributed by atoms with Crippen molar-refractivity contribution in [3.8, 4) is 11.5 Å². The average molecular weight is 400 g/mol. The number of methoxy groups -OCH3 is 1. The largest absolute Gasteiger partial charge is 0.496 e. The number of hydrogen-bond acceptors (Lipinski definition) is 6. The quantitative estimate of drug-likeness (QED) is 0.656. The molecule has 0 fully saturated rings. The summed E-state index contributed by atoms with van der Waals surface area (Å²) in [6, 6.07) is 12.9. The normalized spacial score (nSPS) is 13.1. The molecule has 1 aliphatic rings. The van der Waals surface area contributed by atoms with Crippen LogP contribution in [0.4, 0.5) is 4.39 Å². The van der Waals surface area contributed by atoms with Crippen molar-refractivity contribution in [1.82, 2.24) is 14.9 Å². The molecule has 1 amide bonds. The number of ether oxygens (including phenoxy) is 2. The Morgan fingerprint density at radius 3 is 2.89 bits per heavy atom. The first-order chi connectivity index (χ1) is 13.7. The molecule has 2 heterocycles. The molecule has 7 nitrogen and oxygen atoms in total. The van der Waals surface area contributed by atoms with Gasteiger partial charge in [0, 0.05) is 11.8 Å². The monoisotopic (exact) mass is 400 g/mol. The standard InChI is InChI=1S/C19H17FN4O3S/c1-26-16-8-3-2-7-15(16)18(25)23-9-10-28-19-22-21-17(24(19)23)12-27-14-6-4-5-13(20)11-14/h2-8,11H,9-10,12H2,1H3. The Labute approximate surface area is 165 Å². The van der Waals surface area contributed by atoms with Gasteiger partial charge >= 0.3 is 0 Å². The zero-order valence-corrected chi connectivity index (χ0v) is 15.9. The fourth-order valence-electron chi connectivity index (χ4n) is 2.90. The van der Waals surface area contributed by atoms with E-state index in [9.17, 15) is 9.18 Å². The Hall–Kier alpha value is -3.07. The summed E-state index contributed by atoms with van der Waals surface area (Å²) in [6.07, 6.45) is 0. The number of rotatable bonds is 5. The van der Waals surface area contributed by atoms with E-state index >= 15 is 0 Å². The van der Waals surface area contributed by atoms with Crippen LogP contribution >= 0.6 is 11.8 Å². The van der Waals surface area contributed by atoms with E-state index < -0.39 is 0 Å². The van der Waals surface area contributed by atoms with Crippen LogP contribution in [0.5, 0.6) is 11.5 Å². The molecule has 0 atom stereocenters. The molecule has 28 heavy (non-hydrogen) atoms. The van der Waals surface area contributed by atoms with Crippen molar-refractivity contribution in [2.45, 2.75) is 11.8 Å². The molecular weight excluding hydrogens is 383 g/mol. The number of amides is 1. The zero-order chi connectivity index (χ0) is 19.5. The van der Waals surface area contributed by atoms with Gasteiger partial charge in [-0.25, -0.2) is 14.1 Å². The molecule has 1 aromatic heterocycles. The van der Waals surface area contributed by atoms with E-state index in [4.69, 9.17) is 9.47 Å². The summed E-state index contributed by atoms with van der Waals surface area (Å²) in [5, 5.41) is 10.5. The molecule has 0 radical (unpaired) electrons. The van der Waals surface area contributed by atoms with Crippen molar-refractivity contribution >= 4 is 17.7 Å². The van der Waals surface area contributed by atoms with Gasteiger partial charge in [-0.05, 0) is 24.3 Å². The molecular formula is C19H17FN4O3S. The molecule has 0 N–H and O–H groups in total. The zero-order valence-electron chi connectivity index (χ0n) is 15.0. The number of para-hydroxylation sites is 1. The molecule has 0 unspecified atom stereocenters. The summed E-state index contributed by atoms with van der Waals surface area (Å²) in [6.45, 7) is 0.534. The topological polar surface area (TPSA) is 69.5 Å². The predicted molar refractivity (Wildman–Crippen MR) is 102 cm³/mol. The number of halogens is 1. The summed E-state index contributed by atoms with van der Waals surface area (Å²) in [5.74, 6) is 1.43. The van der Waals surface area contributed by atoms with E-state index in [2.05, 4.69) is 10.2 Å². The van der Waals surface area contributed by atoms with Crippen molar-refractivity contribution in [3.05, 3.63) is 65.7 Å². The van der Waals surface area contributed by atoms with Gasteiger partial charge in [-0.3, -0.25) is 4.79 Å². The summed E-state index contributed by atoms with van der Waals surface area (Å²) < 4.78 is 26.0.